The molecule has 0 spiro atoms. The molecular weight excluding hydrogens is 590 g/mol. The third-order valence-corrected chi connectivity index (χ3v) is 7.68. The van der Waals surface area contributed by atoms with Crippen molar-refractivity contribution in [2.24, 2.45) is 10.3 Å². The van der Waals surface area contributed by atoms with Crippen LogP contribution in [0.2, 0.25) is 0 Å². The molecule has 0 atom stereocenters. The van der Waals surface area contributed by atoms with Crippen molar-refractivity contribution in [3.05, 3.63) is 134 Å². The van der Waals surface area contributed by atoms with Crippen LogP contribution in [0.5, 0.6) is 0 Å². The second-order valence-electron chi connectivity index (χ2n) is 11.1. The molecule has 4 aromatic rings. The maximum absolute atomic E-state index is 13.3. The van der Waals surface area contributed by atoms with E-state index >= 15 is 0 Å². The van der Waals surface area contributed by atoms with Crippen LogP contribution in [0.1, 0.15) is 80.3 Å². The Balaban J connectivity index is 1.44. The van der Waals surface area contributed by atoms with Gasteiger partial charge in [-0.2, -0.15) is 0 Å². The van der Waals surface area contributed by atoms with Crippen LogP contribution in [0.25, 0.3) is 11.1 Å². The van der Waals surface area contributed by atoms with Gasteiger partial charge in [-0.3, -0.25) is 19.7 Å². The lowest BCUT2D eigenvalue weighted by Crippen LogP contribution is -2.19. The molecule has 0 N–H and O–H groups in total. The van der Waals surface area contributed by atoms with Crippen molar-refractivity contribution in [3.63, 3.8) is 0 Å². The second kappa shape index (κ2) is 12.5. The predicted octanol–water partition coefficient (Wildman–Crippen LogP) is 6.73. The van der Waals surface area contributed by atoms with Gasteiger partial charge >= 0.3 is 11.9 Å². The highest BCUT2D eigenvalue weighted by atomic mass is 16.7. The van der Waals surface area contributed by atoms with Gasteiger partial charge in [0.2, 0.25) is 11.6 Å². The molecule has 0 fully saturated rings. The lowest BCUT2D eigenvalue weighted by atomic mass is 9.81. The standard InChI is InChI=1S/C35H27N3O8/c1-20(36-45-33(41)22-11-7-5-8-12-22)31(39)24-15-16-26-27(17-24)35(3,4)28-18-25(19-29(30(26)28)38(43)44)32(40)21(2)37-46-34(42)23-13-9-6-10-14-23/h5-19H,1-4H3/b36-20+,37-21+. The number of hydrogen-bond acceptors (Lipinski definition) is 10. The van der Waals surface area contributed by atoms with E-state index in [2.05, 4.69) is 10.3 Å². The molecule has 0 saturated carbocycles. The van der Waals surface area contributed by atoms with Crippen molar-refractivity contribution in [3.8, 4) is 11.1 Å². The van der Waals surface area contributed by atoms with Gasteiger partial charge < -0.3 is 9.68 Å². The minimum absolute atomic E-state index is 0.0112. The fourth-order valence-electron chi connectivity index (χ4n) is 5.22. The summed E-state index contributed by atoms with van der Waals surface area (Å²) in [5, 5.41) is 19.7. The molecule has 1 aliphatic rings. The number of Topliss-reactive ketones (excluding diaryl/α,β-unsaturated/α-hetero) is 2. The van der Waals surface area contributed by atoms with E-state index in [0.717, 1.165) is 0 Å². The molecule has 0 aromatic heterocycles. The monoisotopic (exact) mass is 617 g/mol. The first-order valence-electron chi connectivity index (χ1n) is 14.1. The van der Waals surface area contributed by atoms with Crippen molar-refractivity contribution in [1.29, 1.82) is 0 Å². The Morgan fingerprint density at radius 3 is 1.63 bits per heavy atom. The van der Waals surface area contributed by atoms with Crippen molar-refractivity contribution in [2.45, 2.75) is 33.1 Å². The lowest BCUT2D eigenvalue weighted by Gasteiger charge is -2.22. The molecule has 230 valence electrons. The molecule has 0 bridgehead atoms. The van der Waals surface area contributed by atoms with E-state index in [0.29, 0.717) is 22.3 Å². The molecule has 0 heterocycles. The zero-order valence-electron chi connectivity index (χ0n) is 25.3. The third-order valence-electron chi connectivity index (χ3n) is 7.68. The Morgan fingerprint density at radius 1 is 0.652 bits per heavy atom. The van der Waals surface area contributed by atoms with Crippen molar-refractivity contribution in [2.75, 3.05) is 0 Å². The quantitative estimate of drug-likeness (QED) is 0.0658. The number of benzene rings is 4. The minimum atomic E-state index is -0.863. The number of hydrogen-bond donors (Lipinski definition) is 0. The smallest absolute Gasteiger partial charge is 0.312 e. The molecule has 0 aliphatic heterocycles. The van der Waals surface area contributed by atoms with Gasteiger partial charge in [-0.25, -0.2) is 9.59 Å². The normalized spacial score (nSPS) is 13.3. The van der Waals surface area contributed by atoms with Gasteiger partial charge in [-0.1, -0.05) is 72.7 Å². The fraction of sp³-hybridized carbons (Fsp3) is 0.143. The highest BCUT2D eigenvalue weighted by Crippen LogP contribution is 2.52. The van der Waals surface area contributed by atoms with Crippen LogP contribution in [0.4, 0.5) is 5.69 Å². The second-order valence-corrected chi connectivity index (χ2v) is 11.1. The first-order chi connectivity index (χ1) is 21.9. The maximum atomic E-state index is 13.3. The van der Waals surface area contributed by atoms with Crippen LogP contribution in [0.15, 0.2) is 101 Å². The van der Waals surface area contributed by atoms with Gasteiger partial charge in [0.05, 0.1) is 21.6 Å². The molecule has 4 aromatic carbocycles. The van der Waals surface area contributed by atoms with E-state index in [1.807, 2.05) is 13.8 Å². The van der Waals surface area contributed by atoms with Crippen molar-refractivity contribution >= 4 is 40.6 Å². The largest absolute Gasteiger partial charge is 0.365 e. The molecule has 0 unspecified atom stereocenters. The zero-order valence-corrected chi connectivity index (χ0v) is 25.3. The minimum Gasteiger partial charge on any atom is -0.312 e. The Hall–Kier alpha value is -6.10. The van der Waals surface area contributed by atoms with E-state index in [4.69, 9.17) is 9.68 Å². The van der Waals surface area contributed by atoms with E-state index in [1.54, 1.807) is 66.7 Å². The molecule has 46 heavy (non-hydrogen) atoms. The van der Waals surface area contributed by atoms with Gasteiger partial charge in [0.1, 0.15) is 11.4 Å². The summed E-state index contributed by atoms with van der Waals surface area (Å²) in [5.74, 6) is -2.64. The fourth-order valence-corrected chi connectivity index (χ4v) is 5.22. The van der Waals surface area contributed by atoms with Crippen molar-refractivity contribution < 1.29 is 33.8 Å². The molecule has 11 nitrogen and oxygen atoms in total. The molecular formula is C35H27N3O8. The van der Waals surface area contributed by atoms with Crippen molar-refractivity contribution in [1.82, 2.24) is 0 Å². The number of carbonyl (C=O) groups is 4. The van der Waals surface area contributed by atoms with Crippen LogP contribution in [0, 0.1) is 10.1 Å². The summed E-state index contributed by atoms with van der Waals surface area (Å²) in [7, 11) is 0. The van der Waals surface area contributed by atoms with E-state index in [9.17, 15) is 29.3 Å². The number of rotatable bonds is 9. The highest BCUT2D eigenvalue weighted by Gasteiger charge is 2.41. The van der Waals surface area contributed by atoms with E-state index < -0.39 is 33.8 Å². The summed E-state index contributed by atoms with van der Waals surface area (Å²) < 4.78 is 0. The number of carbonyl (C=O) groups excluding carboxylic acids is 4. The van der Waals surface area contributed by atoms with Gasteiger partial charge in [0.25, 0.3) is 5.69 Å². The van der Waals surface area contributed by atoms with Crippen LogP contribution < -0.4 is 0 Å². The number of oxime groups is 2. The molecule has 11 heteroatoms. The van der Waals surface area contributed by atoms with E-state index in [1.165, 1.54) is 38.1 Å². The number of nitro groups is 1. The SMILES string of the molecule is C/C(=N\OC(=O)c1ccccc1)C(=O)c1ccc2c(c1)C(C)(C)c1cc(C(=O)/C(C)=N/OC(=O)c3ccccc3)cc([N+](=O)[O-])c1-2. The summed E-state index contributed by atoms with van der Waals surface area (Å²) in [6.45, 7) is 6.42. The predicted molar refractivity (Wildman–Crippen MR) is 169 cm³/mol. The van der Waals surface area contributed by atoms with Crippen LogP contribution in [-0.2, 0) is 15.1 Å². The van der Waals surface area contributed by atoms with Crippen LogP contribution in [-0.4, -0.2) is 39.9 Å². The molecule has 0 radical (unpaired) electrons. The third kappa shape index (κ3) is 5.98. The van der Waals surface area contributed by atoms with Gasteiger partial charge in [-0.15, -0.1) is 0 Å². The summed E-state index contributed by atoms with van der Waals surface area (Å²) in [6.07, 6.45) is 0. The summed E-state index contributed by atoms with van der Waals surface area (Å²) in [6, 6.07) is 23.8. The van der Waals surface area contributed by atoms with Crippen LogP contribution in [0.3, 0.4) is 0 Å². The van der Waals surface area contributed by atoms with Gasteiger partial charge in [-0.05, 0) is 66.9 Å². The zero-order chi connectivity index (χ0) is 33.2. The Labute approximate surface area is 263 Å². The number of ketones is 2. The van der Waals surface area contributed by atoms with E-state index in [-0.39, 0.29) is 39.4 Å². The maximum Gasteiger partial charge on any atom is 0.365 e. The topological polar surface area (TPSA) is 155 Å². The van der Waals surface area contributed by atoms with Crippen LogP contribution >= 0.6 is 0 Å². The van der Waals surface area contributed by atoms with Gasteiger partial charge in [0.15, 0.2) is 0 Å². The first-order valence-corrected chi connectivity index (χ1v) is 14.1. The lowest BCUT2D eigenvalue weighted by molar-refractivity contribution is -0.384. The number of nitro benzene ring substituents is 1. The summed E-state index contributed by atoms with van der Waals surface area (Å²) >= 11 is 0. The molecule has 0 amide bonds. The molecule has 5 rings (SSSR count). The summed E-state index contributed by atoms with van der Waals surface area (Å²) in [4.78, 5) is 72.7. The van der Waals surface area contributed by atoms with Gasteiger partial charge in [0, 0.05) is 22.6 Å². The Morgan fingerprint density at radius 2 is 1.13 bits per heavy atom. The average Bonchev–Trinajstić information content (AvgIpc) is 3.30. The number of fused-ring (bicyclic) bond motifs is 3. The summed E-state index contributed by atoms with van der Waals surface area (Å²) in [5.41, 5.74) is 1.32. The number of nitrogens with zero attached hydrogens (tertiary/aromatic N) is 3. The first kappa shape index (κ1) is 31.3. The molecule has 1 aliphatic carbocycles. The molecule has 0 saturated heterocycles. The highest BCUT2D eigenvalue weighted by molar-refractivity contribution is 6.45. The average molecular weight is 618 g/mol. The Kier molecular flexibility index (Phi) is 8.50. The Bertz CT molecular complexity index is 1980.